The molecule has 45 heavy (non-hydrogen) atoms. The first-order valence-electron chi connectivity index (χ1n) is 15.7. The molecule has 0 spiro atoms. The molecule has 0 aliphatic rings. The predicted molar refractivity (Wildman–Crippen MR) is 189 cm³/mol. The van der Waals surface area contributed by atoms with Crippen molar-refractivity contribution in [1.82, 2.24) is 0 Å². The first-order chi connectivity index (χ1) is 21.7. The molecular weight excluding hydrogens is 544 g/mol. The summed E-state index contributed by atoms with van der Waals surface area (Å²) in [6, 6.07) is 48.5. The number of hydrogen-bond acceptors (Lipinski definition) is 2. The molecule has 2 heteroatoms. The van der Waals surface area contributed by atoms with E-state index in [1.807, 2.05) is 0 Å². The van der Waals surface area contributed by atoms with Crippen molar-refractivity contribution in [3.8, 4) is 11.1 Å². The van der Waals surface area contributed by atoms with Crippen LogP contribution in [-0.2, 0) is 5.41 Å². The smallest absolute Gasteiger partial charge is 0.0886 e. The van der Waals surface area contributed by atoms with Gasteiger partial charge in [-0.2, -0.15) is 10.2 Å². The summed E-state index contributed by atoms with van der Waals surface area (Å²) >= 11 is 0. The predicted octanol–water partition coefficient (Wildman–Crippen LogP) is 12.0. The summed E-state index contributed by atoms with van der Waals surface area (Å²) < 4.78 is 0. The molecule has 0 radical (unpaired) electrons. The molecule has 0 aliphatic carbocycles. The van der Waals surface area contributed by atoms with Crippen LogP contribution in [0.2, 0.25) is 0 Å². The summed E-state index contributed by atoms with van der Waals surface area (Å²) in [5.41, 5.74) is 15.9. The first-order valence-corrected chi connectivity index (χ1v) is 15.7. The van der Waals surface area contributed by atoms with Crippen LogP contribution in [0.25, 0.3) is 11.1 Å². The molecule has 0 saturated heterocycles. The standard InChI is InChI=1S/C43H40N2/c1-29-7-16-37(17-8-29)43(38-18-9-30(2)10-19-38,39-20-11-31(3)12-21-39)40-22-24-41(25-23-40)44-45-42-26-15-36(28-34(42)6)35-14-13-32(4)33(5)27-35/h7-28H,1-6H3. The molecule has 0 aromatic heterocycles. The van der Waals surface area contributed by atoms with E-state index < -0.39 is 5.41 Å². The Morgan fingerprint density at radius 3 is 1.18 bits per heavy atom. The molecule has 6 rings (SSSR count). The topological polar surface area (TPSA) is 24.7 Å². The summed E-state index contributed by atoms with van der Waals surface area (Å²) in [6.45, 7) is 12.8. The number of nitrogens with zero attached hydrogens (tertiary/aromatic N) is 2. The van der Waals surface area contributed by atoms with Crippen molar-refractivity contribution >= 4 is 11.4 Å². The van der Waals surface area contributed by atoms with Gasteiger partial charge in [0.25, 0.3) is 0 Å². The maximum Gasteiger partial charge on any atom is 0.0886 e. The molecule has 0 saturated carbocycles. The SMILES string of the molecule is Cc1ccc(C(c2ccc(C)cc2)(c2ccc(C)cc2)c2ccc(N=Nc3ccc(-c4ccc(C)c(C)c4)cc3C)cc2)cc1. The van der Waals surface area contributed by atoms with Crippen LogP contribution in [-0.4, -0.2) is 0 Å². The number of hydrogen-bond donors (Lipinski definition) is 0. The van der Waals surface area contributed by atoms with E-state index in [1.165, 1.54) is 61.2 Å². The molecule has 2 nitrogen and oxygen atoms in total. The summed E-state index contributed by atoms with van der Waals surface area (Å²) in [7, 11) is 0. The summed E-state index contributed by atoms with van der Waals surface area (Å²) in [4.78, 5) is 0. The Balaban J connectivity index is 1.39. The van der Waals surface area contributed by atoms with Crippen LogP contribution in [0, 0.1) is 41.5 Å². The van der Waals surface area contributed by atoms with Crippen LogP contribution < -0.4 is 0 Å². The molecule has 0 bridgehead atoms. The van der Waals surface area contributed by atoms with E-state index in [2.05, 4.69) is 185 Å². The Kier molecular flexibility index (Phi) is 8.32. The van der Waals surface area contributed by atoms with Crippen molar-refractivity contribution < 1.29 is 0 Å². The van der Waals surface area contributed by atoms with Crippen LogP contribution in [0.3, 0.4) is 0 Å². The van der Waals surface area contributed by atoms with E-state index in [0.29, 0.717) is 0 Å². The molecule has 0 fully saturated rings. The van der Waals surface area contributed by atoms with Crippen molar-refractivity contribution in [2.24, 2.45) is 10.2 Å². The fourth-order valence-corrected chi connectivity index (χ4v) is 6.17. The maximum atomic E-state index is 4.67. The molecule has 0 unspecified atom stereocenters. The highest BCUT2D eigenvalue weighted by atomic mass is 15.1. The molecule has 0 amide bonds. The monoisotopic (exact) mass is 584 g/mol. The summed E-state index contributed by atoms with van der Waals surface area (Å²) in [6.07, 6.45) is 0. The van der Waals surface area contributed by atoms with Gasteiger partial charge in [0.1, 0.15) is 0 Å². The number of azo groups is 1. The van der Waals surface area contributed by atoms with Crippen LogP contribution in [0.5, 0.6) is 0 Å². The van der Waals surface area contributed by atoms with Gasteiger partial charge < -0.3 is 0 Å². The minimum Gasteiger partial charge on any atom is -0.151 e. The van der Waals surface area contributed by atoms with Gasteiger partial charge in [-0.3, -0.25) is 0 Å². The second kappa shape index (κ2) is 12.5. The molecule has 222 valence electrons. The minimum absolute atomic E-state index is 0.495. The first kappa shape index (κ1) is 30.0. The fourth-order valence-electron chi connectivity index (χ4n) is 6.17. The van der Waals surface area contributed by atoms with Gasteiger partial charge in [-0.1, -0.05) is 126 Å². The molecule has 0 atom stereocenters. The van der Waals surface area contributed by atoms with Crippen molar-refractivity contribution in [3.05, 3.63) is 189 Å². The van der Waals surface area contributed by atoms with E-state index in [-0.39, 0.29) is 0 Å². The fraction of sp³-hybridized carbons (Fsp3) is 0.163. The quantitative estimate of drug-likeness (QED) is 0.132. The van der Waals surface area contributed by atoms with Crippen LogP contribution in [0.1, 0.15) is 55.6 Å². The van der Waals surface area contributed by atoms with E-state index in [9.17, 15) is 0 Å². The Morgan fingerprint density at radius 1 is 0.356 bits per heavy atom. The van der Waals surface area contributed by atoms with Gasteiger partial charge in [0.15, 0.2) is 0 Å². The molecule has 6 aromatic rings. The normalized spacial score (nSPS) is 11.7. The van der Waals surface area contributed by atoms with Gasteiger partial charge in [-0.15, -0.1) is 0 Å². The van der Waals surface area contributed by atoms with Crippen molar-refractivity contribution in [2.75, 3.05) is 0 Å². The highest BCUT2D eigenvalue weighted by Crippen LogP contribution is 2.46. The highest BCUT2D eigenvalue weighted by molar-refractivity contribution is 5.68. The Morgan fingerprint density at radius 2 is 0.756 bits per heavy atom. The second-order valence-electron chi connectivity index (χ2n) is 12.4. The largest absolute Gasteiger partial charge is 0.151 e. The Bertz CT molecular complexity index is 1850. The lowest BCUT2D eigenvalue weighted by atomic mass is 9.65. The Labute approximate surface area is 268 Å². The third-order valence-corrected chi connectivity index (χ3v) is 9.06. The summed E-state index contributed by atoms with van der Waals surface area (Å²) in [5, 5.41) is 9.33. The van der Waals surface area contributed by atoms with E-state index >= 15 is 0 Å². The zero-order chi connectivity index (χ0) is 31.6. The zero-order valence-corrected chi connectivity index (χ0v) is 27.1. The van der Waals surface area contributed by atoms with Crippen LogP contribution >= 0.6 is 0 Å². The van der Waals surface area contributed by atoms with Gasteiger partial charge in [-0.05, 0) is 116 Å². The number of aryl methyl sites for hydroxylation is 6. The van der Waals surface area contributed by atoms with Gasteiger partial charge in [0.05, 0.1) is 16.8 Å². The summed E-state index contributed by atoms with van der Waals surface area (Å²) in [5.74, 6) is 0. The van der Waals surface area contributed by atoms with Crippen molar-refractivity contribution in [3.63, 3.8) is 0 Å². The van der Waals surface area contributed by atoms with E-state index in [4.69, 9.17) is 0 Å². The van der Waals surface area contributed by atoms with Crippen molar-refractivity contribution in [1.29, 1.82) is 0 Å². The lowest BCUT2D eigenvalue weighted by molar-refractivity contribution is 0.744. The molecule has 0 heterocycles. The molecule has 0 aliphatic heterocycles. The highest BCUT2D eigenvalue weighted by Gasteiger charge is 2.38. The maximum absolute atomic E-state index is 4.67. The third-order valence-electron chi connectivity index (χ3n) is 9.06. The third kappa shape index (κ3) is 6.01. The average molecular weight is 585 g/mol. The van der Waals surface area contributed by atoms with Gasteiger partial charge in [-0.25, -0.2) is 0 Å². The number of benzene rings is 6. The minimum atomic E-state index is -0.495. The lowest BCUT2D eigenvalue weighted by Crippen LogP contribution is -2.31. The van der Waals surface area contributed by atoms with Crippen LogP contribution in [0.4, 0.5) is 11.4 Å². The molecule has 0 N–H and O–H groups in total. The van der Waals surface area contributed by atoms with E-state index in [0.717, 1.165) is 16.9 Å². The molecular formula is C43H40N2. The zero-order valence-electron chi connectivity index (χ0n) is 27.1. The van der Waals surface area contributed by atoms with E-state index in [1.54, 1.807) is 0 Å². The van der Waals surface area contributed by atoms with Gasteiger partial charge in [0.2, 0.25) is 0 Å². The molecule has 6 aromatic carbocycles. The van der Waals surface area contributed by atoms with Crippen LogP contribution in [0.15, 0.2) is 144 Å². The van der Waals surface area contributed by atoms with Crippen molar-refractivity contribution in [2.45, 2.75) is 47.0 Å². The number of rotatable bonds is 7. The second-order valence-corrected chi connectivity index (χ2v) is 12.4. The Hall–Kier alpha value is -5.08. The lowest BCUT2D eigenvalue weighted by Gasteiger charge is -2.37. The average Bonchev–Trinajstić information content (AvgIpc) is 3.05. The van der Waals surface area contributed by atoms with Gasteiger partial charge in [0, 0.05) is 0 Å². The van der Waals surface area contributed by atoms with Gasteiger partial charge >= 0.3 is 0 Å².